The molecular formula is C8H12F3N3O3S. The highest BCUT2D eigenvalue weighted by Crippen LogP contribution is 2.19. The molecule has 0 saturated carbocycles. The van der Waals surface area contributed by atoms with Gasteiger partial charge in [-0.3, -0.25) is 9.52 Å². The second kappa shape index (κ2) is 4.86. The quantitative estimate of drug-likeness (QED) is 0.832. The molecule has 10 heteroatoms. The number of aryl methyl sites for hydroxylation is 2. The average molecular weight is 287 g/mol. The fourth-order valence-corrected chi connectivity index (χ4v) is 2.62. The summed E-state index contributed by atoms with van der Waals surface area (Å²) >= 11 is 0. The van der Waals surface area contributed by atoms with Crippen LogP contribution in [0.15, 0.2) is 4.90 Å². The molecule has 0 aliphatic heterocycles. The van der Waals surface area contributed by atoms with Gasteiger partial charge in [0.25, 0.3) is 10.0 Å². The van der Waals surface area contributed by atoms with E-state index in [2.05, 4.69) is 9.94 Å². The lowest BCUT2D eigenvalue weighted by atomic mass is 10.4. The van der Waals surface area contributed by atoms with Gasteiger partial charge in [-0.05, 0) is 13.8 Å². The number of hydrogen-bond donors (Lipinski definition) is 1. The van der Waals surface area contributed by atoms with Gasteiger partial charge < -0.3 is 0 Å². The van der Waals surface area contributed by atoms with Crippen LogP contribution >= 0.6 is 0 Å². The lowest BCUT2D eigenvalue weighted by molar-refractivity contribution is -0.181. The number of rotatable bonds is 4. The second-order valence-electron chi connectivity index (χ2n) is 3.61. The molecule has 1 N–H and O–H groups in total. The molecule has 0 atom stereocenters. The zero-order chi connectivity index (χ0) is 14.1. The monoisotopic (exact) mass is 287 g/mol. The van der Waals surface area contributed by atoms with Crippen LogP contribution in [-0.4, -0.2) is 31.0 Å². The summed E-state index contributed by atoms with van der Waals surface area (Å²) in [6.07, 6.45) is -4.61. The standard InChI is InChI=1S/C8H12F3N3O3S/c1-5-7(6(2)14(3)12-5)18(15,16)13-17-4-8(9,10)11/h13H,4H2,1-3H3. The highest BCUT2D eigenvalue weighted by molar-refractivity contribution is 7.89. The highest BCUT2D eigenvalue weighted by Gasteiger charge is 2.30. The van der Waals surface area contributed by atoms with Crippen molar-refractivity contribution in [3.05, 3.63) is 11.4 Å². The fraction of sp³-hybridized carbons (Fsp3) is 0.625. The second-order valence-corrected chi connectivity index (χ2v) is 5.20. The maximum atomic E-state index is 11.8. The van der Waals surface area contributed by atoms with Crippen molar-refractivity contribution in [1.82, 2.24) is 14.7 Å². The van der Waals surface area contributed by atoms with E-state index in [4.69, 9.17) is 0 Å². The minimum atomic E-state index is -4.61. The largest absolute Gasteiger partial charge is 0.413 e. The summed E-state index contributed by atoms with van der Waals surface area (Å²) in [6.45, 7) is 1.22. The first-order chi connectivity index (χ1) is 8.04. The molecule has 1 heterocycles. The van der Waals surface area contributed by atoms with Gasteiger partial charge in [0, 0.05) is 7.05 Å². The molecule has 0 unspecified atom stereocenters. The summed E-state index contributed by atoms with van der Waals surface area (Å²) in [5.74, 6) is 0. The first kappa shape index (κ1) is 14.9. The van der Waals surface area contributed by atoms with Gasteiger partial charge in [0.2, 0.25) is 0 Å². The Bertz CT molecular complexity index is 536. The van der Waals surface area contributed by atoms with Gasteiger partial charge in [0.05, 0.1) is 11.4 Å². The summed E-state index contributed by atoms with van der Waals surface area (Å²) in [4.78, 5) is 5.17. The van der Waals surface area contributed by atoms with E-state index in [0.717, 1.165) is 0 Å². The highest BCUT2D eigenvalue weighted by atomic mass is 32.2. The van der Waals surface area contributed by atoms with Gasteiger partial charge in [-0.25, -0.2) is 8.42 Å². The maximum absolute atomic E-state index is 11.8. The molecule has 0 radical (unpaired) electrons. The van der Waals surface area contributed by atoms with Gasteiger partial charge in [-0.2, -0.15) is 18.3 Å². The van der Waals surface area contributed by atoms with E-state index in [1.54, 1.807) is 0 Å². The van der Waals surface area contributed by atoms with Crippen molar-refractivity contribution in [2.45, 2.75) is 24.9 Å². The van der Waals surface area contributed by atoms with E-state index in [1.165, 1.54) is 30.5 Å². The molecule has 6 nitrogen and oxygen atoms in total. The van der Waals surface area contributed by atoms with Crippen LogP contribution in [-0.2, 0) is 21.9 Å². The Morgan fingerprint density at radius 2 is 1.94 bits per heavy atom. The number of halogens is 3. The summed E-state index contributed by atoms with van der Waals surface area (Å²) in [5.41, 5.74) is 0.480. The SMILES string of the molecule is Cc1nn(C)c(C)c1S(=O)(=O)NOCC(F)(F)F. The molecule has 0 fully saturated rings. The van der Waals surface area contributed by atoms with E-state index in [0.29, 0.717) is 5.69 Å². The van der Waals surface area contributed by atoms with Crippen LogP contribution in [0, 0.1) is 13.8 Å². The van der Waals surface area contributed by atoms with E-state index >= 15 is 0 Å². The van der Waals surface area contributed by atoms with Crippen molar-refractivity contribution in [3.8, 4) is 0 Å². The van der Waals surface area contributed by atoms with Crippen molar-refractivity contribution < 1.29 is 26.4 Å². The number of aromatic nitrogens is 2. The minimum Gasteiger partial charge on any atom is -0.277 e. The molecule has 0 aliphatic rings. The molecule has 0 aliphatic carbocycles. The van der Waals surface area contributed by atoms with Crippen molar-refractivity contribution in [2.75, 3.05) is 6.61 Å². The van der Waals surface area contributed by atoms with Gasteiger partial charge in [-0.1, -0.05) is 4.89 Å². The van der Waals surface area contributed by atoms with E-state index < -0.39 is 22.8 Å². The van der Waals surface area contributed by atoms with Crippen molar-refractivity contribution >= 4 is 10.0 Å². The first-order valence-electron chi connectivity index (χ1n) is 4.75. The lowest BCUT2D eigenvalue weighted by Gasteiger charge is -2.09. The number of nitrogens with zero attached hydrogens (tertiary/aromatic N) is 2. The number of hydrogen-bond acceptors (Lipinski definition) is 4. The average Bonchev–Trinajstić information content (AvgIpc) is 2.38. The van der Waals surface area contributed by atoms with Crippen LogP contribution in [0.3, 0.4) is 0 Å². The fourth-order valence-electron chi connectivity index (χ4n) is 1.37. The smallest absolute Gasteiger partial charge is 0.277 e. The molecule has 1 aromatic heterocycles. The predicted octanol–water partition coefficient (Wildman–Crippen LogP) is 0.809. The Balaban J connectivity index is 2.88. The van der Waals surface area contributed by atoms with E-state index in [9.17, 15) is 21.6 Å². The summed E-state index contributed by atoms with van der Waals surface area (Å²) < 4.78 is 60.2. The van der Waals surface area contributed by atoms with Crippen molar-refractivity contribution in [2.24, 2.45) is 7.05 Å². The molecule has 0 spiro atoms. The Hall–Kier alpha value is -1.13. The third-order valence-electron chi connectivity index (χ3n) is 2.12. The molecule has 0 aromatic carbocycles. The van der Waals surface area contributed by atoms with Crippen LogP contribution in [0.25, 0.3) is 0 Å². The van der Waals surface area contributed by atoms with Crippen LogP contribution in [0.5, 0.6) is 0 Å². The minimum absolute atomic E-state index is 0.179. The summed E-state index contributed by atoms with van der Waals surface area (Å²) in [5, 5.41) is 3.85. The molecular weight excluding hydrogens is 275 g/mol. The lowest BCUT2D eigenvalue weighted by Crippen LogP contribution is -2.30. The molecule has 104 valence electrons. The van der Waals surface area contributed by atoms with Crippen LogP contribution < -0.4 is 4.89 Å². The predicted molar refractivity (Wildman–Crippen MR) is 55.0 cm³/mol. The van der Waals surface area contributed by atoms with Gasteiger partial charge in [-0.15, -0.1) is 0 Å². The number of nitrogens with one attached hydrogen (secondary N) is 1. The zero-order valence-electron chi connectivity index (χ0n) is 9.87. The molecule has 1 aromatic rings. The molecule has 18 heavy (non-hydrogen) atoms. The van der Waals surface area contributed by atoms with Crippen LogP contribution in [0.2, 0.25) is 0 Å². The zero-order valence-corrected chi connectivity index (χ0v) is 10.7. The molecule has 0 bridgehead atoms. The third kappa shape index (κ3) is 3.43. The Labute approximate surface area is 102 Å². The van der Waals surface area contributed by atoms with Gasteiger partial charge >= 0.3 is 6.18 Å². The van der Waals surface area contributed by atoms with Crippen molar-refractivity contribution in [1.29, 1.82) is 0 Å². The van der Waals surface area contributed by atoms with Crippen LogP contribution in [0.1, 0.15) is 11.4 Å². The molecule has 1 rings (SSSR count). The summed E-state index contributed by atoms with van der Waals surface area (Å²) in [7, 11) is -2.65. The Morgan fingerprint density at radius 1 is 1.39 bits per heavy atom. The molecule has 0 amide bonds. The normalized spacial score (nSPS) is 13.0. The molecule has 0 saturated heterocycles. The summed E-state index contributed by atoms with van der Waals surface area (Å²) in [6, 6.07) is 0. The van der Waals surface area contributed by atoms with E-state index in [-0.39, 0.29) is 10.6 Å². The van der Waals surface area contributed by atoms with E-state index in [1.807, 2.05) is 0 Å². The Morgan fingerprint density at radius 3 is 2.33 bits per heavy atom. The van der Waals surface area contributed by atoms with Gasteiger partial charge in [0.15, 0.2) is 6.61 Å². The maximum Gasteiger partial charge on any atom is 0.413 e. The van der Waals surface area contributed by atoms with Gasteiger partial charge in [0.1, 0.15) is 4.90 Å². The topological polar surface area (TPSA) is 73.2 Å². The Kier molecular flexibility index (Phi) is 4.03. The van der Waals surface area contributed by atoms with Crippen LogP contribution in [0.4, 0.5) is 13.2 Å². The number of sulfonamides is 1. The van der Waals surface area contributed by atoms with Crippen molar-refractivity contribution in [3.63, 3.8) is 0 Å². The number of alkyl halides is 3. The third-order valence-corrected chi connectivity index (χ3v) is 3.58. The first-order valence-corrected chi connectivity index (χ1v) is 6.23.